The van der Waals surface area contributed by atoms with Crippen LogP contribution in [0.3, 0.4) is 0 Å². The minimum atomic E-state index is -1.44. The molecule has 9 heteroatoms. The molecule has 0 bridgehead atoms. The molecule has 0 aromatic carbocycles. The normalized spacial score (nSPS) is 28.2. The van der Waals surface area contributed by atoms with E-state index in [9.17, 15) is 24.9 Å². The molecule has 1 aromatic rings. The molecular weight excluding hydrogens is 294 g/mol. The number of carbonyl (C=O) groups excluding carboxylic acids is 2. The van der Waals surface area contributed by atoms with Crippen LogP contribution in [0.4, 0.5) is 5.69 Å². The standard InChI is InChI=1S/C13H19N3O6/c1-6(17)14-7-3-8(16(2)4-7)12(21)15-13-11(20)10(19)9(18)5-22-13/h3-4,9-11,13,18-20H,5H2,1-2H3,(H,14,17)(H,15,21)/t9-,10+,11-,13-/m1/s1. The van der Waals surface area contributed by atoms with Crippen molar-refractivity contribution in [2.24, 2.45) is 7.05 Å². The lowest BCUT2D eigenvalue weighted by atomic mass is 10.0. The number of hydrogen-bond donors (Lipinski definition) is 5. The van der Waals surface area contributed by atoms with Gasteiger partial charge in [-0.25, -0.2) is 0 Å². The smallest absolute Gasteiger partial charge is 0.270 e. The highest BCUT2D eigenvalue weighted by Crippen LogP contribution is 2.16. The molecule has 1 aliphatic heterocycles. The molecule has 1 aromatic heterocycles. The van der Waals surface area contributed by atoms with E-state index < -0.39 is 30.4 Å². The zero-order chi connectivity index (χ0) is 16.4. The van der Waals surface area contributed by atoms with E-state index in [0.29, 0.717) is 5.69 Å². The number of hydrogen-bond acceptors (Lipinski definition) is 6. The van der Waals surface area contributed by atoms with Gasteiger partial charge in [-0.1, -0.05) is 0 Å². The number of nitrogens with one attached hydrogen (secondary N) is 2. The third-order valence-corrected chi connectivity index (χ3v) is 3.33. The van der Waals surface area contributed by atoms with E-state index in [1.54, 1.807) is 13.2 Å². The molecule has 1 fully saturated rings. The molecule has 2 rings (SSSR count). The lowest BCUT2D eigenvalue weighted by Gasteiger charge is -2.35. The van der Waals surface area contributed by atoms with Gasteiger partial charge in [0.2, 0.25) is 5.91 Å². The van der Waals surface area contributed by atoms with E-state index in [4.69, 9.17) is 4.74 Å². The highest BCUT2D eigenvalue weighted by molar-refractivity contribution is 5.96. The Morgan fingerprint density at radius 3 is 2.64 bits per heavy atom. The number of anilines is 1. The van der Waals surface area contributed by atoms with E-state index in [1.165, 1.54) is 17.6 Å². The Morgan fingerprint density at radius 1 is 1.32 bits per heavy atom. The summed E-state index contributed by atoms with van der Waals surface area (Å²) in [5.74, 6) is -0.813. The SMILES string of the molecule is CC(=O)Nc1cc(C(=O)N[C@@H]2OC[C@@H](O)[C@H](O)[C@H]2O)n(C)c1. The minimum absolute atomic E-state index is 0.201. The Labute approximate surface area is 126 Å². The number of aliphatic hydroxyl groups excluding tert-OH is 3. The second-order valence-electron chi connectivity index (χ2n) is 5.18. The van der Waals surface area contributed by atoms with Gasteiger partial charge in [0.15, 0.2) is 6.23 Å². The quantitative estimate of drug-likeness (QED) is 0.445. The van der Waals surface area contributed by atoms with Crippen molar-refractivity contribution in [3.8, 4) is 0 Å². The minimum Gasteiger partial charge on any atom is -0.388 e. The first kappa shape index (κ1) is 16.4. The third-order valence-electron chi connectivity index (χ3n) is 3.33. The van der Waals surface area contributed by atoms with Gasteiger partial charge in [0.1, 0.15) is 24.0 Å². The monoisotopic (exact) mass is 313 g/mol. The molecule has 0 radical (unpaired) electrons. The summed E-state index contributed by atoms with van der Waals surface area (Å²) in [6.45, 7) is 1.15. The number of amides is 2. The van der Waals surface area contributed by atoms with Crippen LogP contribution in [0.5, 0.6) is 0 Å². The zero-order valence-electron chi connectivity index (χ0n) is 12.2. The lowest BCUT2D eigenvalue weighted by molar-refractivity contribution is -0.191. The molecular formula is C13H19N3O6. The van der Waals surface area contributed by atoms with Crippen LogP contribution in [-0.2, 0) is 16.6 Å². The summed E-state index contributed by atoms with van der Waals surface area (Å²) < 4.78 is 6.61. The van der Waals surface area contributed by atoms with Crippen LogP contribution in [0.1, 0.15) is 17.4 Å². The molecule has 0 aliphatic carbocycles. The summed E-state index contributed by atoms with van der Waals surface area (Å²) in [7, 11) is 1.62. The fourth-order valence-corrected chi connectivity index (χ4v) is 2.20. The fourth-order valence-electron chi connectivity index (χ4n) is 2.20. The maximum absolute atomic E-state index is 12.2. The van der Waals surface area contributed by atoms with Crippen molar-refractivity contribution in [2.45, 2.75) is 31.5 Å². The van der Waals surface area contributed by atoms with Gasteiger partial charge in [-0.15, -0.1) is 0 Å². The number of rotatable bonds is 3. The molecule has 9 nitrogen and oxygen atoms in total. The molecule has 0 unspecified atom stereocenters. The highest BCUT2D eigenvalue weighted by Gasteiger charge is 2.38. The second-order valence-corrected chi connectivity index (χ2v) is 5.18. The Balaban J connectivity index is 2.06. The summed E-state index contributed by atoms with van der Waals surface area (Å²) in [6, 6.07) is 1.47. The van der Waals surface area contributed by atoms with Gasteiger partial charge in [0.05, 0.1) is 12.3 Å². The summed E-state index contributed by atoms with van der Waals surface area (Å²) in [4.78, 5) is 23.2. The predicted octanol–water partition coefficient (Wildman–Crippen LogP) is -1.85. The van der Waals surface area contributed by atoms with Gasteiger partial charge in [0, 0.05) is 20.2 Å². The third kappa shape index (κ3) is 3.45. The summed E-state index contributed by atoms with van der Waals surface area (Å²) in [5, 5.41) is 33.7. The molecule has 5 N–H and O–H groups in total. The van der Waals surface area contributed by atoms with Gasteiger partial charge < -0.3 is 35.3 Å². The summed E-state index contributed by atoms with van der Waals surface area (Å²) in [6.07, 6.45) is -3.62. The van der Waals surface area contributed by atoms with E-state index >= 15 is 0 Å². The zero-order valence-corrected chi connectivity index (χ0v) is 12.2. The Bertz CT molecular complexity index is 572. The van der Waals surface area contributed by atoms with Crippen LogP contribution in [0.2, 0.25) is 0 Å². The van der Waals surface area contributed by atoms with Crippen LogP contribution in [0.15, 0.2) is 12.3 Å². The van der Waals surface area contributed by atoms with E-state index in [-0.39, 0.29) is 18.2 Å². The highest BCUT2D eigenvalue weighted by atomic mass is 16.5. The van der Waals surface area contributed by atoms with Gasteiger partial charge >= 0.3 is 0 Å². The number of aromatic nitrogens is 1. The molecule has 2 heterocycles. The van der Waals surface area contributed by atoms with Crippen molar-refractivity contribution in [1.82, 2.24) is 9.88 Å². The van der Waals surface area contributed by atoms with Gasteiger partial charge in [-0.3, -0.25) is 9.59 Å². The lowest BCUT2D eigenvalue weighted by Crippen LogP contribution is -2.59. The number of nitrogens with zero attached hydrogens (tertiary/aromatic N) is 1. The van der Waals surface area contributed by atoms with Crippen LogP contribution >= 0.6 is 0 Å². The first-order chi connectivity index (χ1) is 10.3. The molecule has 0 spiro atoms. The average Bonchev–Trinajstić information content (AvgIpc) is 2.79. The first-order valence-corrected chi connectivity index (χ1v) is 6.70. The molecule has 1 aliphatic rings. The van der Waals surface area contributed by atoms with Crippen molar-refractivity contribution in [3.63, 3.8) is 0 Å². The topological polar surface area (TPSA) is 133 Å². The first-order valence-electron chi connectivity index (χ1n) is 6.70. The Morgan fingerprint density at radius 2 is 2.00 bits per heavy atom. The maximum Gasteiger partial charge on any atom is 0.270 e. The summed E-state index contributed by atoms with van der Waals surface area (Å²) >= 11 is 0. The number of aryl methyl sites for hydroxylation is 1. The van der Waals surface area contributed by atoms with Crippen LogP contribution in [0.25, 0.3) is 0 Å². The molecule has 122 valence electrons. The maximum atomic E-state index is 12.2. The molecule has 4 atom stereocenters. The van der Waals surface area contributed by atoms with E-state index in [1.807, 2.05) is 0 Å². The average molecular weight is 313 g/mol. The van der Waals surface area contributed by atoms with Crippen LogP contribution in [0, 0.1) is 0 Å². The number of carbonyl (C=O) groups is 2. The van der Waals surface area contributed by atoms with Crippen LogP contribution in [-0.4, -0.2) is 62.8 Å². The second kappa shape index (κ2) is 6.44. The van der Waals surface area contributed by atoms with E-state index in [0.717, 1.165) is 0 Å². The molecule has 0 saturated carbocycles. The van der Waals surface area contributed by atoms with E-state index in [2.05, 4.69) is 10.6 Å². The molecule has 22 heavy (non-hydrogen) atoms. The summed E-state index contributed by atoms with van der Waals surface area (Å²) in [5.41, 5.74) is 0.695. The number of aliphatic hydroxyl groups is 3. The molecule has 1 saturated heterocycles. The number of ether oxygens (including phenoxy) is 1. The van der Waals surface area contributed by atoms with Gasteiger partial charge in [0.25, 0.3) is 5.91 Å². The van der Waals surface area contributed by atoms with Gasteiger partial charge in [-0.2, -0.15) is 0 Å². The predicted molar refractivity (Wildman–Crippen MR) is 74.9 cm³/mol. The van der Waals surface area contributed by atoms with Crippen molar-refractivity contribution in [1.29, 1.82) is 0 Å². The Hall–Kier alpha value is -1.94. The largest absolute Gasteiger partial charge is 0.388 e. The van der Waals surface area contributed by atoms with Crippen molar-refractivity contribution in [3.05, 3.63) is 18.0 Å². The van der Waals surface area contributed by atoms with Crippen LogP contribution < -0.4 is 10.6 Å². The van der Waals surface area contributed by atoms with Crippen molar-refractivity contribution in [2.75, 3.05) is 11.9 Å². The fraction of sp³-hybridized carbons (Fsp3) is 0.538. The van der Waals surface area contributed by atoms with Crippen molar-refractivity contribution >= 4 is 17.5 Å². The van der Waals surface area contributed by atoms with Gasteiger partial charge in [-0.05, 0) is 6.07 Å². The van der Waals surface area contributed by atoms with Crippen molar-refractivity contribution < 1.29 is 29.6 Å². The molecule has 2 amide bonds. The Kier molecular flexibility index (Phi) is 4.81.